The summed E-state index contributed by atoms with van der Waals surface area (Å²) in [5.41, 5.74) is 4.43. The molecule has 0 bridgehead atoms. The summed E-state index contributed by atoms with van der Waals surface area (Å²) in [7, 11) is 1.83. The summed E-state index contributed by atoms with van der Waals surface area (Å²) >= 11 is 0. The number of aryl methyl sites for hydroxylation is 1. The molecule has 0 saturated carbocycles. The zero-order valence-electron chi connectivity index (χ0n) is 20.3. The Labute approximate surface area is 215 Å². The van der Waals surface area contributed by atoms with E-state index in [1.54, 1.807) is 26.5 Å². The van der Waals surface area contributed by atoms with Gasteiger partial charge in [0.05, 0.1) is 30.0 Å². The maximum atomic E-state index is 12.6. The molecule has 196 valence electrons. The number of Topliss-reactive ketones (excluding diaryl/α,β-unsaturated/α-hetero) is 1. The lowest BCUT2D eigenvalue weighted by Crippen LogP contribution is -2.50. The van der Waals surface area contributed by atoms with Crippen LogP contribution < -0.4 is 4.90 Å². The standard InChI is InChI=1S/C25H23F3N8O2/c1-33-13-19(12-31-33)17-8-20(23-18(9-29)11-32-36(23)14-17)16-2-3-22(30-10-16)35-6-4-34(5-7-35)15-21(37)24(38)25(26,27)28/h2-3,8,10-14,24,38H,4-7,15H2,1H3/t24-/m0/s1. The average Bonchev–Trinajstić information content (AvgIpc) is 3.53. The molecule has 1 aliphatic rings. The molecule has 5 heterocycles. The van der Waals surface area contributed by atoms with E-state index in [0.29, 0.717) is 43.1 Å². The van der Waals surface area contributed by atoms with Gasteiger partial charge in [-0.15, -0.1) is 0 Å². The van der Waals surface area contributed by atoms with E-state index >= 15 is 0 Å². The van der Waals surface area contributed by atoms with E-state index in [1.807, 2.05) is 42.5 Å². The van der Waals surface area contributed by atoms with E-state index in [0.717, 1.165) is 22.3 Å². The van der Waals surface area contributed by atoms with Gasteiger partial charge in [-0.1, -0.05) is 0 Å². The molecule has 0 spiro atoms. The fourth-order valence-corrected chi connectivity index (χ4v) is 4.51. The minimum Gasteiger partial charge on any atom is -0.377 e. The molecule has 13 heteroatoms. The summed E-state index contributed by atoms with van der Waals surface area (Å²) < 4.78 is 41.1. The van der Waals surface area contributed by atoms with Gasteiger partial charge in [-0.05, 0) is 18.2 Å². The number of carbonyl (C=O) groups is 1. The monoisotopic (exact) mass is 524 g/mol. The van der Waals surface area contributed by atoms with Gasteiger partial charge < -0.3 is 10.0 Å². The Morgan fingerprint density at radius 1 is 1.08 bits per heavy atom. The highest BCUT2D eigenvalue weighted by Gasteiger charge is 2.43. The van der Waals surface area contributed by atoms with Crippen LogP contribution in [0, 0.1) is 11.3 Å². The quantitative estimate of drug-likeness (QED) is 0.409. The van der Waals surface area contributed by atoms with Crippen LogP contribution in [0.1, 0.15) is 5.56 Å². The predicted molar refractivity (Wildman–Crippen MR) is 131 cm³/mol. The minimum atomic E-state index is -4.96. The van der Waals surface area contributed by atoms with Crippen molar-refractivity contribution >= 4 is 17.1 Å². The first-order valence-electron chi connectivity index (χ1n) is 11.8. The lowest BCUT2D eigenvalue weighted by atomic mass is 10.0. The van der Waals surface area contributed by atoms with Crippen molar-refractivity contribution in [2.45, 2.75) is 12.3 Å². The number of aromatic nitrogens is 5. The van der Waals surface area contributed by atoms with Crippen LogP contribution in [0.4, 0.5) is 19.0 Å². The van der Waals surface area contributed by atoms with Crippen molar-refractivity contribution in [3.8, 4) is 28.3 Å². The maximum absolute atomic E-state index is 12.6. The van der Waals surface area contributed by atoms with Crippen LogP contribution in [0.3, 0.4) is 0 Å². The van der Waals surface area contributed by atoms with Gasteiger partial charge in [-0.25, -0.2) is 9.50 Å². The molecule has 0 aromatic carbocycles. The molecule has 1 aliphatic heterocycles. The highest BCUT2D eigenvalue weighted by Crippen LogP contribution is 2.32. The Morgan fingerprint density at radius 2 is 1.84 bits per heavy atom. The molecular weight excluding hydrogens is 501 g/mol. The number of carbonyl (C=O) groups excluding carboxylic acids is 1. The second kappa shape index (κ2) is 9.88. The molecule has 0 radical (unpaired) electrons. The largest absolute Gasteiger partial charge is 0.421 e. The summed E-state index contributed by atoms with van der Waals surface area (Å²) in [5, 5.41) is 27.3. The first-order chi connectivity index (χ1) is 18.1. The van der Waals surface area contributed by atoms with Crippen molar-refractivity contribution in [3.05, 3.63) is 54.7 Å². The molecule has 0 unspecified atom stereocenters. The number of aliphatic hydroxyl groups excluding tert-OH is 1. The summed E-state index contributed by atoms with van der Waals surface area (Å²) in [6.07, 6.45) is 0.785. The molecule has 1 atom stereocenters. The maximum Gasteiger partial charge on any atom is 0.421 e. The van der Waals surface area contributed by atoms with Gasteiger partial charge in [0.2, 0.25) is 6.10 Å². The van der Waals surface area contributed by atoms with E-state index in [4.69, 9.17) is 5.11 Å². The predicted octanol–water partition coefficient (Wildman–Crippen LogP) is 2.28. The van der Waals surface area contributed by atoms with E-state index < -0.39 is 24.6 Å². The summed E-state index contributed by atoms with van der Waals surface area (Å²) in [6, 6.07) is 7.90. The third-order valence-corrected chi connectivity index (χ3v) is 6.52. The van der Waals surface area contributed by atoms with E-state index in [-0.39, 0.29) is 0 Å². The Kier molecular flexibility index (Phi) is 6.60. The van der Waals surface area contributed by atoms with Crippen molar-refractivity contribution in [1.82, 2.24) is 29.3 Å². The number of rotatable bonds is 6. The van der Waals surface area contributed by atoms with Gasteiger partial charge >= 0.3 is 6.18 Å². The fraction of sp³-hybridized carbons (Fsp3) is 0.320. The zero-order chi connectivity index (χ0) is 27.0. The minimum absolute atomic E-state index is 0.356. The smallest absolute Gasteiger partial charge is 0.377 e. The lowest BCUT2D eigenvalue weighted by molar-refractivity contribution is -0.204. The third-order valence-electron chi connectivity index (χ3n) is 6.52. The van der Waals surface area contributed by atoms with Crippen LogP contribution in [-0.2, 0) is 11.8 Å². The van der Waals surface area contributed by atoms with Gasteiger partial charge in [0.25, 0.3) is 0 Å². The van der Waals surface area contributed by atoms with Crippen molar-refractivity contribution in [3.63, 3.8) is 0 Å². The van der Waals surface area contributed by atoms with Crippen molar-refractivity contribution in [1.29, 1.82) is 5.26 Å². The number of alkyl halides is 3. The zero-order valence-corrected chi connectivity index (χ0v) is 20.3. The van der Waals surface area contributed by atoms with Gasteiger partial charge in [0, 0.05) is 74.1 Å². The molecule has 38 heavy (non-hydrogen) atoms. The van der Waals surface area contributed by atoms with Crippen LogP contribution in [0.5, 0.6) is 0 Å². The average molecular weight is 525 g/mol. The number of piperazine rings is 1. The molecule has 0 amide bonds. The Hall–Kier alpha value is -4.28. The number of nitrogens with zero attached hydrogens (tertiary/aromatic N) is 8. The van der Waals surface area contributed by atoms with Gasteiger partial charge in [0.1, 0.15) is 11.9 Å². The number of hydrogen-bond acceptors (Lipinski definition) is 8. The van der Waals surface area contributed by atoms with E-state index in [1.165, 1.54) is 6.20 Å². The highest BCUT2D eigenvalue weighted by atomic mass is 19.4. The number of fused-ring (bicyclic) bond motifs is 1. The summed E-state index contributed by atoms with van der Waals surface area (Å²) in [5.74, 6) is -0.576. The molecular formula is C25H23F3N8O2. The number of aliphatic hydroxyl groups is 1. The number of halogens is 3. The third kappa shape index (κ3) is 4.96. The molecule has 4 aromatic rings. The molecule has 4 aromatic heterocycles. The Bertz CT molecular complexity index is 1510. The van der Waals surface area contributed by atoms with E-state index in [2.05, 4.69) is 21.3 Å². The number of ketones is 1. The Morgan fingerprint density at radius 3 is 2.45 bits per heavy atom. The second-order valence-electron chi connectivity index (χ2n) is 9.09. The van der Waals surface area contributed by atoms with Gasteiger partial charge in [0.15, 0.2) is 5.78 Å². The lowest BCUT2D eigenvalue weighted by Gasteiger charge is -2.35. The molecule has 1 saturated heterocycles. The fourth-order valence-electron chi connectivity index (χ4n) is 4.51. The highest BCUT2D eigenvalue weighted by molar-refractivity contribution is 5.87. The second-order valence-corrected chi connectivity index (χ2v) is 9.09. The summed E-state index contributed by atoms with van der Waals surface area (Å²) in [4.78, 5) is 19.9. The molecule has 10 nitrogen and oxygen atoms in total. The first-order valence-corrected chi connectivity index (χ1v) is 11.8. The number of hydrogen-bond donors (Lipinski definition) is 1. The Balaban J connectivity index is 1.34. The van der Waals surface area contributed by atoms with Crippen LogP contribution in [0.15, 0.2) is 49.2 Å². The normalized spacial score (nSPS) is 15.5. The summed E-state index contributed by atoms with van der Waals surface area (Å²) in [6.45, 7) is 1.17. The molecule has 0 aliphatic carbocycles. The molecule has 5 rings (SSSR count). The van der Waals surface area contributed by atoms with Crippen LogP contribution in [-0.4, -0.2) is 85.2 Å². The van der Waals surface area contributed by atoms with Crippen molar-refractivity contribution in [2.24, 2.45) is 7.05 Å². The van der Waals surface area contributed by atoms with Gasteiger partial charge in [-0.3, -0.25) is 14.4 Å². The van der Waals surface area contributed by atoms with Crippen LogP contribution >= 0.6 is 0 Å². The number of nitriles is 1. The molecule has 1 N–H and O–H groups in total. The number of anilines is 1. The molecule has 1 fully saturated rings. The van der Waals surface area contributed by atoms with E-state index in [9.17, 15) is 23.2 Å². The van der Waals surface area contributed by atoms with Gasteiger partial charge in [-0.2, -0.15) is 28.6 Å². The van der Waals surface area contributed by atoms with Crippen molar-refractivity contribution in [2.75, 3.05) is 37.6 Å². The SMILES string of the molecule is Cn1cc(-c2cc(-c3ccc(N4CCN(CC(=O)[C@H](O)C(F)(F)F)CC4)nc3)c3c(C#N)cnn3c2)cn1. The van der Waals surface area contributed by atoms with Crippen LogP contribution in [0.25, 0.3) is 27.8 Å². The van der Waals surface area contributed by atoms with Crippen molar-refractivity contribution < 1.29 is 23.1 Å². The topological polar surface area (TPSA) is 116 Å². The first kappa shape index (κ1) is 25.4. The number of pyridine rings is 2. The van der Waals surface area contributed by atoms with Crippen LogP contribution in [0.2, 0.25) is 0 Å².